The molecule has 4 aliphatic rings. The topological polar surface area (TPSA) is 55.5 Å². The molecule has 4 atom stereocenters. The highest BCUT2D eigenvalue weighted by molar-refractivity contribution is 5.05. The molecule has 0 aromatic carbocycles. The van der Waals surface area contributed by atoms with Gasteiger partial charge in [0.2, 0.25) is 0 Å². The quantitative estimate of drug-likeness (QED) is 0.626. The standard InChI is InChI=1S/C10H17NO2/c11-10-4-7-1-8(5-10)3-9(2-7,6-12)13-10/h7-8,12H,1-6,11H2/t7-,8+,9?,10?. The Hall–Kier alpha value is -0.120. The Balaban J connectivity index is 1.95. The maximum absolute atomic E-state index is 9.37. The monoisotopic (exact) mass is 183 g/mol. The average Bonchev–Trinajstić information content (AvgIpc) is 1.99. The van der Waals surface area contributed by atoms with Gasteiger partial charge in [0.25, 0.3) is 0 Å². The van der Waals surface area contributed by atoms with Crippen molar-refractivity contribution < 1.29 is 9.84 Å². The van der Waals surface area contributed by atoms with Gasteiger partial charge in [-0.3, -0.25) is 0 Å². The van der Waals surface area contributed by atoms with Crippen molar-refractivity contribution in [3.8, 4) is 0 Å². The Kier molecular flexibility index (Phi) is 1.43. The molecule has 4 rings (SSSR count). The number of ether oxygens (including phenoxy) is 1. The van der Waals surface area contributed by atoms with Gasteiger partial charge >= 0.3 is 0 Å². The summed E-state index contributed by atoms with van der Waals surface area (Å²) in [6.45, 7) is 0.152. The van der Waals surface area contributed by atoms with Gasteiger partial charge in [-0.15, -0.1) is 0 Å². The molecule has 3 nitrogen and oxygen atoms in total. The second-order valence-electron chi connectivity index (χ2n) is 5.29. The van der Waals surface area contributed by atoms with E-state index in [-0.39, 0.29) is 12.2 Å². The van der Waals surface area contributed by atoms with Crippen molar-refractivity contribution in [2.75, 3.05) is 6.61 Å². The third kappa shape index (κ3) is 1.07. The molecular weight excluding hydrogens is 166 g/mol. The van der Waals surface area contributed by atoms with Crippen LogP contribution in [0.5, 0.6) is 0 Å². The lowest BCUT2D eigenvalue weighted by Crippen LogP contribution is -2.66. The van der Waals surface area contributed by atoms with Crippen LogP contribution in [0, 0.1) is 11.8 Å². The first-order chi connectivity index (χ1) is 6.13. The summed E-state index contributed by atoms with van der Waals surface area (Å²) in [7, 11) is 0. The summed E-state index contributed by atoms with van der Waals surface area (Å²) in [6.07, 6.45) is 5.37. The smallest absolute Gasteiger partial charge is 0.118 e. The van der Waals surface area contributed by atoms with Crippen LogP contribution in [-0.2, 0) is 4.74 Å². The van der Waals surface area contributed by atoms with Crippen molar-refractivity contribution in [1.82, 2.24) is 0 Å². The Bertz CT molecular complexity index is 227. The molecule has 13 heavy (non-hydrogen) atoms. The molecule has 2 aliphatic carbocycles. The van der Waals surface area contributed by atoms with Crippen LogP contribution in [0.2, 0.25) is 0 Å². The zero-order valence-electron chi connectivity index (χ0n) is 7.83. The molecule has 0 spiro atoms. The van der Waals surface area contributed by atoms with Crippen LogP contribution in [0.15, 0.2) is 0 Å². The number of rotatable bonds is 1. The molecule has 74 valence electrons. The molecule has 0 aromatic rings. The highest BCUT2D eigenvalue weighted by Crippen LogP contribution is 2.55. The minimum Gasteiger partial charge on any atom is -0.393 e. The third-order valence-corrected chi connectivity index (χ3v) is 3.96. The van der Waals surface area contributed by atoms with Crippen molar-refractivity contribution in [1.29, 1.82) is 0 Å². The first-order valence-corrected chi connectivity index (χ1v) is 5.23. The van der Waals surface area contributed by atoms with Gasteiger partial charge in [0, 0.05) is 0 Å². The minimum absolute atomic E-state index is 0.152. The van der Waals surface area contributed by atoms with Crippen molar-refractivity contribution in [2.45, 2.75) is 43.4 Å². The Morgan fingerprint density at radius 3 is 2.31 bits per heavy atom. The average molecular weight is 183 g/mol. The fraction of sp³-hybridized carbons (Fsp3) is 1.00. The molecule has 4 fully saturated rings. The Morgan fingerprint density at radius 2 is 1.85 bits per heavy atom. The highest BCUT2D eigenvalue weighted by Gasteiger charge is 2.57. The van der Waals surface area contributed by atoms with E-state index in [4.69, 9.17) is 10.5 Å². The second-order valence-corrected chi connectivity index (χ2v) is 5.29. The summed E-state index contributed by atoms with van der Waals surface area (Å²) in [5.74, 6) is 1.41. The van der Waals surface area contributed by atoms with Crippen LogP contribution in [0.3, 0.4) is 0 Å². The SMILES string of the molecule is NC12C[C@H]3C[C@@H](C1)CC(CO)(C3)O2. The second kappa shape index (κ2) is 2.27. The summed E-state index contributed by atoms with van der Waals surface area (Å²) in [6, 6.07) is 0. The van der Waals surface area contributed by atoms with E-state index >= 15 is 0 Å². The van der Waals surface area contributed by atoms with E-state index in [1.807, 2.05) is 0 Å². The first-order valence-electron chi connectivity index (χ1n) is 5.23. The summed E-state index contributed by atoms with van der Waals surface area (Å²) in [5, 5.41) is 9.37. The van der Waals surface area contributed by atoms with Crippen LogP contribution in [0.1, 0.15) is 32.1 Å². The van der Waals surface area contributed by atoms with Crippen molar-refractivity contribution in [2.24, 2.45) is 17.6 Å². The predicted octanol–water partition coefficient (Wildman–Crippen LogP) is 0.613. The molecule has 4 bridgehead atoms. The molecule has 2 heterocycles. The maximum atomic E-state index is 9.37. The van der Waals surface area contributed by atoms with Crippen LogP contribution < -0.4 is 5.73 Å². The van der Waals surface area contributed by atoms with E-state index in [0.29, 0.717) is 11.8 Å². The number of hydrogen-bond donors (Lipinski definition) is 2. The molecule has 2 aliphatic heterocycles. The van der Waals surface area contributed by atoms with Crippen LogP contribution in [0.4, 0.5) is 0 Å². The van der Waals surface area contributed by atoms with Gasteiger partial charge < -0.3 is 15.6 Å². The van der Waals surface area contributed by atoms with Crippen molar-refractivity contribution in [3.05, 3.63) is 0 Å². The molecule has 2 unspecified atom stereocenters. The van der Waals surface area contributed by atoms with Gasteiger partial charge in [-0.05, 0) is 43.9 Å². The van der Waals surface area contributed by atoms with E-state index < -0.39 is 5.72 Å². The molecule has 3 heteroatoms. The zero-order valence-corrected chi connectivity index (χ0v) is 7.83. The maximum Gasteiger partial charge on any atom is 0.118 e. The van der Waals surface area contributed by atoms with Crippen LogP contribution in [0.25, 0.3) is 0 Å². The molecule has 2 saturated heterocycles. The van der Waals surface area contributed by atoms with Gasteiger partial charge in [0.05, 0.1) is 12.2 Å². The van der Waals surface area contributed by atoms with E-state index in [9.17, 15) is 5.11 Å². The van der Waals surface area contributed by atoms with Gasteiger partial charge in [-0.2, -0.15) is 0 Å². The fourth-order valence-electron chi connectivity index (χ4n) is 3.90. The van der Waals surface area contributed by atoms with Gasteiger partial charge in [0.15, 0.2) is 0 Å². The van der Waals surface area contributed by atoms with Crippen molar-refractivity contribution in [3.63, 3.8) is 0 Å². The van der Waals surface area contributed by atoms with Crippen molar-refractivity contribution >= 4 is 0 Å². The van der Waals surface area contributed by atoms with Crippen LogP contribution >= 0.6 is 0 Å². The lowest BCUT2D eigenvalue weighted by atomic mass is 9.60. The van der Waals surface area contributed by atoms with Gasteiger partial charge in [0.1, 0.15) is 5.72 Å². The minimum atomic E-state index is -0.396. The number of nitrogens with two attached hydrogens (primary N) is 1. The van der Waals surface area contributed by atoms with Gasteiger partial charge in [-0.25, -0.2) is 0 Å². The van der Waals surface area contributed by atoms with Gasteiger partial charge in [-0.1, -0.05) is 0 Å². The molecule has 0 aromatic heterocycles. The molecule has 0 radical (unpaired) electrons. The first kappa shape index (κ1) is 8.21. The van der Waals surface area contributed by atoms with E-state index in [1.165, 1.54) is 6.42 Å². The third-order valence-electron chi connectivity index (χ3n) is 3.96. The molecule has 2 saturated carbocycles. The molecular formula is C10H17NO2. The van der Waals surface area contributed by atoms with Crippen LogP contribution in [-0.4, -0.2) is 23.0 Å². The lowest BCUT2D eigenvalue weighted by Gasteiger charge is -2.60. The fourth-order valence-corrected chi connectivity index (χ4v) is 3.90. The Labute approximate surface area is 78.3 Å². The van der Waals surface area contributed by atoms with E-state index in [2.05, 4.69) is 0 Å². The van der Waals surface area contributed by atoms with E-state index in [0.717, 1.165) is 25.7 Å². The number of aliphatic hydroxyl groups excluding tert-OH is 1. The predicted molar refractivity (Wildman–Crippen MR) is 47.9 cm³/mol. The summed E-state index contributed by atoms with van der Waals surface area (Å²) >= 11 is 0. The number of aliphatic hydroxyl groups is 1. The summed E-state index contributed by atoms with van der Waals surface area (Å²) in [5.41, 5.74) is 5.49. The normalized spacial score (nSPS) is 58.6. The lowest BCUT2D eigenvalue weighted by molar-refractivity contribution is -0.281. The summed E-state index contributed by atoms with van der Waals surface area (Å²) < 4.78 is 5.88. The number of hydrogen-bond acceptors (Lipinski definition) is 3. The molecule has 0 amide bonds. The van der Waals surface area contributed by atoms with E-state index in [1.54, 1.807) is 0 Å². The highest BCUT2D eigenvalue weighted by atomic mass is 16.5. The zero-order chi connectivity index (χ0) is 9.10. The Morgan fingerprint density at radius 1 is 1.23 bits per heavy atom. The molecule has 3 N–H and O–H groups in total. The largest absolute Gasteiger partial charge is 0.393 e. The summed E-state index contributed by atoms with van der Waals surface area (Å²) in [4.78, 5) is 0.